The zero-order valence-corrected chi connectivity index (χ0v) is 7.43. The minimum absolute atomic E-state index is 0.636. The predicted octanol–water partition coefficient (Wildman–Crippen LogP) is 0.441. The van der Waals surface area contributed by atoms with Gasteiger partial charge in [-0.1, -0.05) is 6.92 Å². The summed E-state index contributed by atoms with van der Waals surface area (Å²) in [5, 5.41) is 11.4. The van der Waals surface area contributed by atoms with Crippen LogP contribution in [0.15, 0.2) is 0 Å². The van der Waals surface area contributed by atoms with Crippen LogP contribution in [-0.2, 0) is 0 Å². The molecular formula is C8H17N3. The molecule has 0 heterocycles. The molecule has 3 heteroatoms. The Bertz CT molecular complexity index is 117. The molecule has 0 aromatic carbocycles. The number of likely N-dealkylation sites (N-methyl/N-ethyl adjacent to an activating group) is 2. The minimum atomic E-state index is 0.636. The first-order valence-corrected chi connectivity index (χ1v) is 4.09. The molecule has 1 N–H and O–H groups in total. The largest absolute Gasteiger partial charge is 0.318 e. The lowest BCUT2D eigenvalue weighted by Gasteiger charge is -2.17. The Hall–Kier alpha value is -0.590. The normalized spacial score (nSPS) is 10.0. The lowest BCUT2D eigenvalue weighted by molar-refractivity contribution is 0.296. The summed E-state index contributed by atoms with van der Waals surface area (Å²) in [5.41, 5.74) is 0. The van der Waals surface area contributed by atoms with Gasteiger partial charge in [-0.25, -0.2) is 0 Å². The predicted molar refractivity (Wildman–Crippen MR) is 46.3 cm³/mol. The van der Waals surface area contributed by atoms with Crippen molar-refractivity contribution in [3.8, 4) is 6.07 Å². The van der Waals surface area contributed by atoms with Gasteiger partial charge in [0.2, 0.25) is 0 Å². The van der Waals surface area contributed by atoms with Crippen molar-refractivity contribution in [1.82, 2.24) is 10.2 Å². The molecule has 0 aliphatic rings. The zero-order valence-electron chi connectivity index (χ0n) is 7.43. The van der Waals surface area contributed by atoms with Gasteiger partial charge in [0.25, 0.3) is 0 Å². The fourth-order valence-electron chi connectivity index (χ4n) is 0.906. The van der Waals surface area contributed by atoms with E-state index in [4.69, 9.17) is 5.26 Å². The van der Waals surface area contributed by atoms with Crippen LogP contribution in [-0.4, -0.2) is 38.1 Å². The van der Waals surface area contributed by atoms with Crippen LogP contribution in [0.4, 0.5) is 0 Å². The average molecular weight is 155 g/mol. The van der Waals surface area contributed by atoms with E-state index in [1.807, 2.05) is 7.05 Å². The second-order valence-corrected chi connectivity index (χ2v) is 2.45. The van der Waals surface area contributed by atoms with Gasteiger partial charge in [0, 0.05) is 26.1 Å². The summed E-state index contributed by atoms with van der Waals surface area (Å²) in [6.45, 7) is 6.08. The first kappa shape index (κ1) is 10.4. The highest BCUT2D eigenvalue weighted by Gasteiger charge is 1.98. The molecule has 3 nitrogen and oxygen atoms in total. The summed E-state index contributed by atoms with van der Waals surface area (Å²) >= 11 is 0. The molecule has 64 valence electrons. The molecule has 0 aromatic rings. The first-order chi connectivity index (χ1) is 5.35. The molecule has 0 atom stereocenters. The van der Waals surface area contributed by atoms with Gasteiger partial charge in [-0.15, -0.1) is 0 Å². The molecule has 0 amide bonds. The van der Waals surface area contributed by atoms with Gasteiger partial charge in [0.05, 0.1) is 6.07 Å². The van der Waals surface area contributed by atoms with Gasteiger partial charge in [0.1, 0.15) is 0 Å². The second kappa shape index (κ2) is 7.52. The fourth-order valence-corrected chi connectivity index (χ4v) is 0.906. The van der Waals surface area contributed by atoms with Crippen LogP contribution in [0.5, 0.6) is 0 Å². The minimum Gasteiger partial charge on any atom is -0.318 e. The third-order valence-electron chi connectivity index (χ3n) is 1.67. The summed E-state index contributed by atoms with van der Waals surface area (Å²) in [5.74, 6) is 0. The number of nitriles is 1. The van der Waals surface area contributed by atoms with Crippen molar-refractivity contribution in [1.29, 1.82) is 5.26 Å². The van der Waals surface area contributed by atoms with Gasteiger partial charge in [-0.2, -0.15) is 5.26 Å². The van der Waals surface area contributed by atoms with Crippen LogP contribution >= 0.6 is 0 Å². The van der Waals surface area contributed by atoms with Crippen LogP contribution in [0.1, 0.15) is 13.3 Å². The summed E-state index contributed by atoms with van der Waals surface area (Å²) < 4.78 is 0. The molecule has 0 radical (unpaired) electrons. The quantitative estimate of drug-likeness (QED) is 0.605. The van der Waals surface area contributed by atoms with Gasteiger partial charge in [-0.05, 0) is 13.6 Å². The highest BCUT2D eigenvalue weighted by Crippen LogP contribution is 1.88. The van der Waals surface area contributed by atoms with Crippen molar-refractivity contribution in [2.45, 2.75) is 13.3 Å². The van der Waals surface area contributed by atoms with Crippen LogP contribution in [0.2, 0.25) is 0 Å². The first-order valence-electron chi connectivity index (χ1n) is 4.09. The second-order valence-electron chi connectivity index (χ2n) is 2.45. The Morgan fingerprint density at radius 2 is 2.18 bits per heavy atom. The summed E-state index contributed by atoms with van der Waals surface area (Å²) in [4.78, 5) is 2.26. The number of nitrogens with one attached hydrogen (secondary N) is 1. The van der Waals surface area contributed by atoms with E-state index in [1.165, 1.54) is 0 Å². The highest BCUT2D eigenvalue weighted by molar-refractivity contribution is 4.71. The molecule has 0 saturated carbocycles. The molecule has 0 aromatic heterocycles. The maximum absolute atomic E-state index is 8.34. The molecule has 0 saturated heterocycles. The molecule has 0 spiro atoms. The summed E-state index contributed by atoms with van der Waals surface area (Å²) in [6, 6.07) is 2.15. The van der Waals surface area contributed by atoms with E-state index in [9.17, 15) is 0 Å². The average Bonchev–Trinajstić information content (AvgIpc) is 2.05. The lowest BCUT2D eigenvalue weighted by Crippen LogP contribution is -2.31. The van der Waals surface area contributed by atoms with Crippen molar-refractivity contribution < 1.29 is 0 Å². The van der Waals surface area contributed by atoms with E-state index in [0.29, 0.717) is 6.42 Å². The lowest BCUT2D eigenvalue weighted by atomic mass is 10.4. The molecule has 0 unspecified atom stereocenters. The highest BCUT2D eigenvalue weighted by atomic mass is 15.1. The zero-order chi connectivity index (χ0) is 8.53. The Labute approximate surface area is 69.0 Å². The van der Waals surface area contributed by atoms with Gasteiger partial charge in [-0.3, -0.25) is 0 Å². The van der Waals surface area contributed by atoms with Crippen molar-refractivity contribution in [3.63, 3.8) is 0 Å². The topological polar surface area (TPSA) is 39.1 Å². The van der Waals surface area contributed by atoms with Crippen LogP contribution in [0.3, 0.4) is 0 Å². The number of rotatable bonds is 6. The Balaban J connectivity index is 3.34. The van der Waals surface area contributed by atoms with E-state index in [0.717, 1.165) is 26.2 Å². The molecule has 0 aliphatic carbocycles. The maximum Gasteiger partial charge on any atom is 0.0635 e. The van der Waals surface area contributed by atoms with E-state index < -0.39 is 0 Å². The maximum atomic E-state index is 8.34. The summed E-state index contributed by atoms with van der Waals surface area (Å²) in [7, 11) is 1.94. The van der Waals surface area contributed by atoms with Crippen molar-refractivity contribution in [2.75, 3.05) is 33.2 Å². The van der Waals surface area contributed by atoms with Crippen LogP contribution in [0.25, 0.3) is 0 Å². The molecule has 0 fully saturated rings. The van der Waals surface area contributed by atoms with E-state index in [-0.39, 0.29) is 0 Å². The number of nitrogens with zero attached hydrogens (tertiary/aromatic N) is 2. The Kier molecular flexibility index (Phi) is 7.11. The fraction of sp³-hybridized carbons (Fsp3) is 0.875. The molecule has 0 rings (SSSR count). The molecule has 0 aliphatic heterocycles. The van der Waals surface area contributed by atoms with E-state index in [1.54, 1.807) is 0 Å². The van der Waals surface area contributed by atoms with Crippen LogP contribution < -0.4 is 5.32 Å². The molecule has 11 heavy (non-hydrogen) atoms. The van der Waals surface area contributed by atoms with Gasteiger partial charge >= 0.3 is 0 Å². The molecular weight excluding hydrogens is 138 g/mol. The Morgan fingerprint density at radius 3 is 2.64 bits per heavy atom. The van der Waals surface area contributed by atoms with Crippen molar-refractivity contribution in [2.24, 2.45) is 0 Å². The monoisotopic (exact) mass is 155 g/mol. The number of hydrogen-bond donors (Lipinski definition) is 1. The van der Waals surface area contributed by atoms with E-state index >= 15 is 0 Å². The smallest absolute Gasteiger partial charge is 0.0635 e. The van der Waals surface area contributed by atoms with Crippen molar-refractivity contribution >= 4 is 0 Å². The molecule has 0 bridgehead atoms. The third kappa shape index (κ3) is 5.84. The Morgan fingerprint density at radius 1 is 1.45 bits per heavy atom. The van der Waals surface area contributed by atoms with Gasteiger partial charge < -0.3 is 10.2 Å². The van der Waals surface area contributed by atoms with Gasteiger partial charge in [0.15, 0.2) is 0 Å². The standard InChI is InChI=1S/C8H17N3/c1-3-11(7-4-5-9)8-6-10-2/h10H,3-4,6-8H2,1-2H3. The summed E-state index contributed by atoms with van der Waals surface area (Å²) in [6.07, 6.45) is 0.636. The SMILES string of the molecule is CCN(CCC#N)CCNC. The van der Waals surface area contributed by atoms with Crippen LogP contribution in [0, 0.1) is 11.3 Å². The van der Waals surface area contributed by atoms with Crippen molar-refractivity contribution in [3.05, 3.63) is 0 Å². The number of hydrogen-bond acceptors (Lipinski definition) is 3. The third-order valence-corrected chi connectivity index (χ3v) is 1.67. The van der Waals surface area contributed by atoms with E-state index in [2.05, 4.69) is 23.2 Å².